The van der Waals surface area contributed by atoms with Crippen LogP contribution in [0.5, 0.6) is 0 Å². The van der Waals surface area contributed by atoms with Crippen LogP contribution < -0.4 is 5.69 Å². The molecule has 2 aliphatic rings. The zero-order valence-corrected chi connectivity index (χ0v) is 12.8. The molecule has 1 amide bonds. The fourth-order valence-corrected chi connectivity index (χ4v) is 4.01. The fraction of sp³-hybridized carbons (Fsp3) is 0.529. The summed E-state index contributed by atoms with van der Waals surface area (Å²) < 4.78 is 1.55. The molecule has 1 aliphatic heterocycles. The molecule has 1 aromatic carbocycles. The van der Waals surface area contributed by atoms with Crippen LogP contribution in [0.25, 0.3) is 11.0 Å². The number of aromatic amines is 1. The van der Waals surface area contributed by atoms with Crippen molar-refractivity contribution in [3.63, 3.8) is 0 Å². The summed E-state index contributed by atoms with van der Waals surface area (Å²) in [7, 11) is 1.72. The van der Waals surface area contributed by atoms with E-state index in [9.17, 15) is 9.59 Å². The molecule has 1 aromatic heterocycles. The number of aryl methyl sites for hydroxylation is 1. The van der Waals surface area contributed by atoms with Gasteiger partial charge in [0, 0.05) is 25.2 Å². The van der Waals surface area contributed by atoms with E-state index in [4.69, 9.17) is 0 Å². The second-order valence-corrected chi connectivity index (χ2v) is 6.62. The number of amides is 1. The first-order valence-corrected chi connectivity index (χ1v) is 8.15. The van der Waals surface area contributed by atoms with Crippen molar-refractivity contribution >= 4 is 16.9 Å². The lowest BCUT2D eigenvalue weighted by molar-refractivity contribution is 0.0308. The molecule has 116 valence electrons. The highest BCUT2D eigenvalue weighted by atomic mass is 16.2. The second kappa shape index (κ2) is 5.00. The highest BCUT2D eigenvalue weighted by Crippen LogP contribution is 2.37. The molecule has 1 saturated heterocycles. The first-order chi connectivity index (χ1) is 10.6. The van der Waals surface area contributed by atoms with Crippen LogP contribution in [0, 0.1) is 5.92 Å². The number of nitrogens with one attached hydrogen (secondary N) is 1. The van der Waals surface area contributed by atoms with Gasteiger partial charge in [-0.25, -0.2) is 4.79 Å². The largest absolute Gasteiger partial charge is 0.335 e. The average Bonchev–Trinajstić information content (AvgIpc) is 3.07. The Kier molecular flexibility index (Phi) is 3.10. The quantitative estimate of drug-likeness (QED) is 0.925. The maximum absolute atomic E-state index is 12.8. The van der Waals surface area contributed by atoms with E-state index in [1.165, 1.54) is 25.7 Å². The van der Waals surface area contributed by atoms with Crippen LogP contribution >= 0.6 is 0 Å². The highest BCUT2D eigenvalue weighted by molar-refractivity contribution is 5.98. The Morgan fingerprint density at radius 2 is 2.00 bits per heavy atom. The number of hydrogen-bond donors (Lipinski definition) is 1. The zero-order chi connectivity index (χ0) is 15.3. The van der Waals surface area contributed by atoms with Gasteiger partial charge in [0.2, 0.25) is 0 Å². The average molecular weight is 299 g/mol. The third kappa shape index (κ3) is 1.99. The SMILES string of the molecule is Cn1c(=O)[nH]c2ccc(C(=O)N3CCC3C3CCCC3)cc21. The number of benzene rings is 1. The van der Waals surface area contributed by atoms with Crippen molar-refractivity contribution in [2.24, 2.45) is 13.0 Å². The minimum Gasteiger partial charge on any atom is -0.335 e. The van der Waals surface area contributed by atoms with Gasteiger partial charge < -0.3 is 9.88 Å². The minimum atomic E-state index is -0.146. The number of fused-ring (bicyclic) bond motifs is 1. The molecule has 0 radical (unpaired) electrons. The summed E-state index contributed by atoms with van der Waals surface area (Å²) >= 11 is 0. The molecule has 22 heavy (non-hydrogen) atoms. The molecule has 1 N–H and O–H groups in total. The van der Waals surface area contributed by atoms with Crippen LogP contribution in [-0.2, 0) is 7.05 Å². The topological polar surface area (TPSA) is 58.1 Å². The molecule has 0 bridgehead atoms. The maximum Gasteiger partial charge on any atom is 0.326 e. The number of rotatable bonds is 2. The van der Waals surface area contributed by atoms with Crippen molar-refractivity contribution in [3.05, 3.63) is 34.2 Å². The summed E-state index contributed by atoms with van der Waals surface area (Å²) in [5.41, 5.74) is 2.10. The third-order valence-corrected chi connectivity index (χ3v) is 5.42. The van der Waals surface area contributed by atoms with Gasteiger partial charge in [-0.05, 0) is 43.4 Å². The molecule has 5 nitrogen and oxygen atoms in total. The van der Waals surface area contributed by atoms with Gasteiger partial charge in [0.05, 0.1) is 11.0 Å². The van der Waals surface area contributed by atoms with Crippen molar-refractivity contribution in [1.82, 2.24) is 14.5 Å². The standard InChI is InChI=1S/C17H21N3O2/c1-19-15-10-12(6-7-13(15)18-17(19)22)16(21)20-9-8-14(20)11-4-2-3-5-11/h6-7,10-11,14H,2-5,8-9H2,1H3,(H,18,22). The molecule has 2 fully saturated rings. The maximum atomic E-state index is 12.8. The highest BCUT2D eigenvalue weighted by Gasteiger charge is 2.39. The van der Waals surface area contributed by atoms with Gasteiger partial charge in [-0.1, -0.05) is 12.8 Å². The number of carbonyl (C=O) groups is 1. The summed E-state index contributed by atoms with van der Waals surface area (Å²) in [4.78, 5) is 29.3. The summed E-state index contributed by atoms with van der Waals surface area (Å²) in [6.07, 6.45) is 6.28. The van der Waals surface area contributed by atoms with E-state index in [0.717, 1.165) is 24.0 Å². The second-order valence-electron chi connectivity index (χ2n) is 6.62. The van der Waals surface area contributed by atoms with Crippen molar-refractivity contribution in [2.75, 3.05) is 6.54 Å². The van der Waals surface area contributed by atoms with Crippen molar-refractivity contribution in [3.8, 4) is 0 Å². The monoisotopic (exact) mass is 299 g/mol. The number of carbonyl (C=O) groups excluding carboxylic acids is 1. The molecule has 0 spiro atoms. The number of likely N-dealkylation sites (tertiary alicyclic amines) is 1. The Hall–Kier alpha value is -2.04. The van der Waals surface area contributed by atoms with Gasteiger partial charge in [0.15, 0.2) is 0 Å². The molecule has 1 aliphatic carbocycles. The third-order valence-electron chi connectivity index (χ3n) is 5.42. The summed E-state index contributed by atoms with van der Waals surface area (Å²) in [6.45, 7) is 0.865. The molecule has 1 saturated carbocycles. The summed E-state index contributed by atoms with van der Waals surface area (Å²) in [6, 6.07) is 5.92. The lowest BCUT2D eigenvalue weighted by Gasteiger charge is -2.44. The Morgan fingerprint density at radius 3 is 2.68 bits per heavy atom. The van der Waals surface area contributed by atoms with Crippen LogP contribution in [-0.4, -0.2) is 32.9 Å². The van der Waals surface area contributed by atoms with E-state index in [2.05, 4.69) is 4.98 Å². The molecule has 2 heterocycles. The summed E-state index contributed by atoms with van der Waals surface area (Å²) in [5, 5.41) is 0. The van der Waals surface area contributed by atoms with E-state index >= 15 is 0 Å². The van der Waals surface area contributed by atoms with E-state index in [0.29, 0.717) is 17.5 Å². The number of nitrogens with zero attached hydrogens (tertiary/aromatic N) is 2. The van der Waals surface area contributed by atoms with Gasteiger partial charge in [-0.2, -0.15) is 0 Å². The zero-order valence-electron chi connectivity index (χ0n) is 12.8. The number of aromatic nitrogens is 2. The number of hydrogen-bond acceptors (Lipinski definition) is 2. The van der Waals surface area contributed by atoms with Crippen LogP contribution in [0.15, 0.2) is 23.0 Å². The Morgan fingerprint density at radius 1 is 1.23 bits per heavy atom. The van der Waals surface area contributed by atoms with E-state index in [-0.39, 0.29) is 11.6 Å². The normalized spacial score (nSPS) is 22.2. The molecular formula is C17H21N3O2. The lowest BCUT2D eigenvalue weighted by atomic mass is 9.87. The van der Waals surface area contributed by atoms with E-state index in [1.54, 1.807) is 11.6 Å². The smallest absolute Gasteiger partial charge is 0.326 e. The molecular weight excluding hydrogens is 278 g/mol. The number of imidazole rings is 1. The Balaban J connectivity index is 1.62. The van der Waals surface area contributed by atoms with Gasteiger partial charge in [0.1, 0.15) is 0 Å². The Bertz CT molecular complexity index is 783. The fourth-order valence-electron chi connectivity index (χ4n) is 4.01. The predicted molar refractivity (Wildman–Crippen MR) is 84.9 cm³/mol. The molecule has 2 aromatic rings. The van der Waals surface area contributed by atoms with Crippen molar-refractivity contribution in [2.45, 2.75) is 38.1 Å². The predicted octanol–water partition coefficient (Wildman–Crippen LogP) is 2.27. The first kappa shape index (κ1) is 13.6. The number of H-pyrrole nitrogens is 1. The van der Waals surface area contributed by atoms with Crippen LogP contribution in [0.4, 0.5) is 0 Å². The molecule has 4 rings (SSSR count). The van der Waals surface area contributed by atoms with Gasteiger partial charge in [-0.15, -0.1) is 0 Å². The molecule has 5 heteroatoms. The van der Waals surface area contributed by atoms with Crippen molar-refractivity contribution < 1.29 is 4.79 Å². The van der Waals surface area contributed by atoms with E-state index < -0.39 is 0 Å². The van der Waals surface area contributed by atoms with Crippen LogP contribution in [0.3, 0.4) is 0 Å². The van der Waals surface area contributed by atoms with Crippen LogP contribution in [0.2, 0.25) is 0 Å². The van der Waals surface area contributed by atoms with E-state index in [1.807, 2.05) is 23.1 Å². The van der Waals surface area contributed by atoms with Gasteiger partial charge in [-0.3, -0.25) is 9.36 Å². The lowest BCUT2D eigenvalue weighted by Crippen LogP contribution is -2.54. The van der Waals surface area contributed by atoms with Gasteiger partial charge >= 0.3 is 5.69 Å². The van der Waals surface area contributed by atoms with Crippen LogP contribution in [0.1, 0.15) is 42.5 Å². The van der Waals surface area contributed by atoms with Gasteiger partial charge in [0.25, 0.3) is 5.91 Å². The summed E-state index contributed by atoms with van der Waals surface area (Å²) in [5.74, 6) is 0.803. The first-order valence-electron chi connectivity index (χ1n) is 8.15. The minimum absolute atomic E-state index is 0.110. The molecule has 1 unspecified atom stereocenters. The van der Waals surface area contributed by atoms with Crippen molar-refractivity contribution in [1.29, 1.82) is 0 Å². The Labute approximate surface area is 128 Å². The molecule has 1 atom stereocenters.